The molecule has 6 heteroatoms. The van der Waals surface area contributed by atoms with Crippen molar-refractivity contribution in [3.8, 4) is 0 Å². The standard InChI is InChI=1S/C21H40N4O2/c1-4-11-22-20-6-5-12-25(16-20)21(27)8-7-17(2)15-23-19-9-13-24(14-10-19)18(3)26/h17,19-20,22-23H,4-16H2,1-3H3. The van der Waals surface area contributed by atoms with Gasteiger partial charge in [-0.25, -0.2) is 0 Å². The Morgan fingerprint density at radius 3 is 2.44 bits per heavy atom. The van der Waals surface area contributed by atoms with Crippen molar-refractivity contribution in [1.29, 1.82) is 0 Å². The van der Waals surface area contributed by atoms with Crippen LogP contribution in [0.15, 0.2) is 0 Å². The van der Waals surface area contributed by atoms with Gasteiger partial charge >= 0.3 is 0 Å². The number of hydrogen-bond donors (Lipinski definition) is 2. The summed E-state index contributed by atoms with van der Waals surface area (Å²) in [5.41, 5.74) is 0. The summed E-state index contributed by atoms with van der Waals surface area (Å²) in [6.07, 6.45) is 7.11. The predicted molar refractivity (Wildman–Crippen MR) is 110 cm³/mol. The molecule has 2 saturated heterocycles. The van der Waals surface area contributed by atoms with Gasteiger partial charge in [0.25, 0.3) is 0 Å². The maximum absolute atomic E-state index is 12.6. The summed E-state index contributed by atoms with van der Waals surface area (Å²) in [4.78, 5) is 28.0. The molecule has 0 aromatic rings. The van der Waals surface area contributed by atoms with Crippen molar-refractivity contribution >= 4 is 11.8 Å². The van der Waals surface area contributed by atoms with Crippen molar-refractivity contribution < 1.29 is 9.59 Å². The Morgan fingerprint density at radius 2 is 1.78 bits per heavy atom. The number of rotatable bonds is 9. The maximum Gasteiger partial charge on any atom is 0.222 e. The fourth-order valence-corrected chi connectivity index (χ4v) is 4.12. The van der Waals surface area contributed by atoms with Gasteiger partial charge in [-0.05, 0) is 57.5 Å². The Labute approximate surface area is 165 Å². The molecule has 2 aliphatic heterocycles. The number of carbonyl (C=O) groups is 2. The lowest BCUT2D eigenvalue weighted by Gasteiger charge is -2.34. The van der Waals surface area contributed by atoms with Gasteiger partial charge < -0.3 is 20.4 Å². The Kier molecular flexibility index (Phi) is 9.56. The molecule has 0 bridgehead atoms. The van der Waals surface area contributed by atoms with E-state index in [9.17, 15) is 9.59 Å². The van der Waals surface area contributed by atoms with Crippen LogP contribution in [0.4, 0.5) is 0 Å². The summed E-state index contributed by atoms with van der Waals surface area (Å²) >= 11 is 0. The first-order valence-electron chi connectivity index (χ1n) is 11.0. The van der Waals surface area contributed by atoms with Crippen LogP contribution >= 0.6 is 0 Å². The van der Waals surface area contributed by atoms with Gasteiger partial charge in [0.15, 0.2) is 0 Å². The highest BCUT2D eigenvalue weighted by atomic mass is 16.2. The number of piperidine rings is 2. The lowest BCUT2D eigenvalue weighted by Crippen LogP contribution is -2.48. The van der Waals surface area contributed by atoms with Gasteiger partial charge in [0, 0.05) is 51.6 Å². The maximum atomic E-state index is 12.6. The molecule has 2 aliphatic rings. The second-order valence-corrected chi connectivity index (χ2v) is 8.47. The average Bonchev–Trinajstić information content (AvgIpc) is 2.69. The predicted octanol–water partition coefficient (Wildman–Crippen LogP) is 1.99. The molecule has 2 amide bonds. The van der Waals surface area contributed by atoms with Crippen LogP contribution in [0.1, 0.15) is 65.7 Å². The van der Waals surface area contributed by atoms with Crippen LogP contribution in [-0.4, -0.2) is 73.0 Å². The molecule has 0 aromatic carbocycles. The van der Waals surface area contributed by atoms with Crippen LogP contribution in [0.3, 0.4) is 0 Å². The van der Waals surface area contributed by atoms with E-state index in [1.807, 2.05) is 4.90 Å². The van der Waals surface area contributed by atoms with Crippen molar-refractivity contribution in [1.82, 2.24) is 20.4 Å². The third kappa shape index (κ3) is 7.78. The number of amides is 2. The lowest BCUT2D eigenvalue weighted by molar-refractivity contribution is -0.133. The molecule has 0 saturated carbocycles. The van der Waals surface area contributed by atoms with E-state index in [1.165, 1.54) is 6.42 Å². The minimum absolute atomic E-state index is 0.185. The second kappa shape index (κ2) is 11.6. The monoisotopic (exact) mass is 380 g/mol. The molecule has 27 heavy (non-hydrogen) atoms. The quantitative estimate of drug-likeness (QED) is 0.642. The first-order valence-corrected chi connectivity index (χ1v) is 11.0. The second-order valence-electron chi connectivity index (χ2n) is 8.47. The molecule has 2 fully saturated rings. The number of nitrogens with one attached hydrogen (secondary N) is 2. The minimum atomic E-state index is 0.185. The molecule has 0 aliphatic carbocycles. The number of hydrogen-bond acceptors (Lipinski definition) is 4. The van der Waals surface area contributed by atoms with Crippen molar-refractivity contribution in [2.45, 2.75) is 77.8 Å². The number of carbonyl (C=O) groups excluding carboxylic acids is 2. The molecule has 0 spiro atoms. The zero-order valence-corrected chi connectivity index (χ0v) is 17.6. The van der Waals surface area contributed by atoms with E-state index >= 15 is 0 Å². The highest BCUT2D eigenvalue weighted by Crippen LogP contribution is 2.15. The fraction of sp³-hybridized carbons (Fsp3) is 0.905. The number of nitrogens with zero attached hydrogens (tertiary/aromatic N) is 2. The highest BCUT2D eigenvalue weighted by molar-refractivity contribution is 5.76. The van der Waals surface area contributed by atoms with Crippen LogP contribution in [0.25, 0.3) is 0 Å². The SMILES string of the molecule is CCCNC1CCCN(C(=O)CCC(C)CNC2CCN(C(C)=O)CC2)C1. The summed E-state index contributed by atoms with van der Waals surface area (Å²) in [6.45, 7) is 11.6. The van der Waals surface area contributed by atoms with Crippen LogP contribution in [0, 0.1) is 5.92 Å². The average molecular weight is 381 g/mol. The molecule has 0 radical (unpaired) electrons. The van der Waals surface area contributed by atoms with Gasteiger partial charge in [-0.1, -0.05) is 13.8 Å². The first kappa shape index (κ1) is 22.2. The zero-order chi connectivity index (χ0) is 19.6. The molecule has 2 rings (SSSR count). The third-order valence-electron chi connectivity index (χ3n) is 6.00. The van der Waals surface area contributed by atoms with Crippen molar-refractivity contribution in [3.63, 3.8) is 0 Å². The highest BCUT2D eigenvalue weighted by Gasteiger charge is 2.24. The number of likely N-dealkylation sites (tertiary alicyclic amines) is 2. The third-order valence-corrected chi connectivity index (χ3v) is 6.00. The summed E-state index contributed by atoms with van der Waals surface area (Å²) < 4.78 is 0. The van der Waals surface area contributed by atoms with E-state index in [1.54, 1.807) is 6.92 Å². The lowest BCUT2D eigenvalue weighted by atomic mass is 10.0. The first-order chi connectivity index (χ1) is 13.0. The Bertz CT molecular complexity index is 463. The van der Waals surface area contributed by atoms with Gasteiger partial charge in [0.05, 0.1) is 0 Å². The molecule has 156 valence electrons. The van der Waals surface area contributed by atoms with Crippen LogP contribution in [-0.2, 0) is 9.59 Å². The van der Waals surface area contributed by atoms with E-state index in [4.69, 9.17) is 0 Å². The van der Waals surface area contributed by atoms with Crippen molar-refractivity contribution in [2.24, 2.45) is 5.92 Å². The van der Waals surface area contributed by atoms with Crippen molar-refractivity contribution in [2.75, 3.05) is 39.3 Å². The van der Waals surface area contributed by atoms with E-state index in [0.29, 0.717) is 30.3 Å². The van der Waals surface area contributed by atoms with E-state index in [0.717, 1.165) is 71.4 Å². The largest absolute Gasteiger partial charge is 0.343 e. The molecule has 0 aromatic heterocycles. The minimum Gasteiger partial charge on any atom is -0.343 e. The Balaban J connectivity index is 1.60. The molecule has 2 atom stereocenters. The van der Waals surface area contributed by atoms with Gasteiger partial charge in [-0.15, -0.1) is 0 Å². The van der Waals surface area contributed by atoms with Gasteiger partial charge in [-0.3, -0.25) is 9.59 Å². The topological polar surface area (TPSA) is 64.7 Å². The summed E-state index contributed by atoms with van der Waals surface area (Å²) in [5, 5.41) is 7.20. The molecule has 6 nitrogen and oxygen atoms in total. The molecule has 2 N–H and O–H groups in total. The van der Waals surface area contributed by atoms with E-state index < -0.39 is 0 Å². The van der Waals surface area contributed by atoms with Gasteiger partial charge in [-0.2, -0.15) is 0 Å². The smallest absolute Gasteiger partial charge is 0.222 e. The molecular formula is C21H40N4O2. The van der Waals surface area contributed by atoms with E-state index in [-0.39, 0.29) is 5.91 Å². The normalized spacial score (nSPS) is 22.7. The fourth-order valence-electron chi connectivity index (χ4n) is 4.12. The summed E-state index contributed by atoms with van der Waals surface area (Å²) in [6, 6.07) is 0.980. The van der Waals surface area contributed by atoms with Gasteiger partial charge in [0.1, 0.15) is 0 Å². The summed E-state index contributed by atoms with van der Waals surface area (Å²) in [5.74, 6) is 1.00. The summed E-state index contributed by atoms with van der Waals surface area (Å²) in [7, 11) is 0. The molecule has 2 unspecified atom stereocenters. The van der Waals surface area contributed by atoms with Gasteiger partial charge in [0.2, 0.25) is 11.8 Å². The molecule has 2 heterocycles. The van der Waals surface area contributed by atoms with Crippen LogP contribution in [0.5, 0.6) is 0 Å². The van der Waals surface area contributed by atoms with Crippen LogP contribution < -0.4 is 10.6 Å². The zero-order valence-electron chi connectivity index (χ0n) is 17.6. The Morgan fingerprint density at radius 1 is 1.04 bits per heavy atom. The molecular weight excluding hydrogens is 340 g/mol. The van der Waals surface area contributed by atoms with Crippen molar-refractivity contribution in [3.05, 3.63) is 0 Å². The van der Waals surface area contributed by atoms with Crippen LogP contribution in [0.2, 0.25) is 0 Å². The Hall–Kier alpha value is -1.14. The van der Waals surface area contributed by atoms with E-state index in [2.05, 4.69) is 29.4 Å².